The topological polar surface area (TPSA) is 107 Å². The van der Waals surface area contributed by atoms with E-state index in [2.05, 4.69) is 30.6 Å². The zero-order valence-corrected chi connectivity index (χ0v) is 14.3. The second-order valence-corrected chi connectivity index (χ2v) is 6.56. The van der Waals surface area contributed by atoms with Crippen molar-refractivity contribution in [1.82, 2.24) is 40.0 Å². The quantitative estimate of drug-likeness (QED) is 0.557. The molecule has 0 spiro atoms. The molecule has 0 bridgehead atoms. The Hall–Kier alpha value is -3.01. The van der Waals surface area contributed by atoms with Crippen LogP contribution in [0.4, 0.5) is 0 Å². The number of tetrazole rings is 1. The van der Waals surface area contributed by atoms with Crippen LogP contribution < -0.4 is 5.56 Å². The molecule has 1 N–H and O–H groups in total. The van der Waals surface area contributed by atoms with Gasteiger partial charge < -0.3 is 4.98 Å². The fourth-order valence-electron chi connectivity index (χ4n) is 2.37. The van der Waals surface area contributed by atoms with Crippen molar-refractivity contribution in [2.75, 3.05) is 0 Å². The van der Waals surface area contributed by atoms with Crippen LogP contribution in [0.3, 0.4) is 0 Å². The molecule has 1 aromatic carbocycles. The van der Waals surface area contributed by atoms with Crippen molar-refractivity contribution in [2.24, 2.45) is 0 Å². The van der Waals surface area contributed by atoms with E-state index in [1.54, 1.807) is 9.36 Å². The number of rotatable bonds is 4. The molecule has 0 aliphatic rings. The molecule has 0 saturated heterocycles. The summed E-state index contributed by atoms with van der Waals surface area (Å²) in [4.78, 5) is 19.7. The van der Waals surface area contributed by atoms with Crippen LogP contribution in [0.1, 0.15) is 19.9 Å². The highest BCUT2D eigenvalue weighted by atomic mass is 32.2. The van der Waals surface area contributed by atoms with Crippen LogP contribution in [0.25, 0.3) is 16.7 Å². The lowest BCUT2D eigenvalue weighted by Crippen LogP contribution is -2.11. The Morgan fingerprint density at radius 1 is 1.20 bits per heavy atom. The van der Waals surface area contributed by atoms with Gasteiger partial charge in [-0.2, -0.15) is 5.10 Å². The van der Waals surface area contributed by atoms with Crippen molar-refractivity contribution in [2.45, 2.75) is 30.2 Å². The Morgan fingerprint density at radius 2 is 2.00 bits per heavy atom. The fourth-order valence-corrected chi connectivity index (χ4v) is 3.24. The van der Waals surface area contributed by atoms with Crippen LogP contribution in [0, 0.1) is 0 Å². The van der Waals surface area contributed by atoms with E-state index in [1.165, 1.54) is 18.0 Å². The summed E-state index contributed by atoms with van der Waals surface area (Å²) >= 11 is 1.20. The highest BCUT2D eigenvalue weighted by Crippen LogP contribution is 2.24. The number of nitrogens with zero attached hydrogens (tertiary/aromatic N) is 7. The van der Waals surface area contributed by atoms with Gasteiger partial charge in [-0.3, -0.25) is 4.79 Å². The van der Waals surface area contributed by atoms with Crippen LogP contribution in [0.15, 0.2) is 51.6 Å². The van der Waals surface area contributed by atoms with Gasteiger partial charge in [-0.25, -0.2) is 14.3 Å². The number of benzene rings is 1. The summed E-state index contributed by atoms with van der Waals surface area (Å²) in [6, 6.07) is 9.64. The van der Waals surface area contributed by atoms with E-state index in [-0.39, 0.29) is 11.6 Å². The van der Waals surface area contributed by atoms with Crippen LogP contribution in [-0.4, -0.2) is 40.0 Å². The summed E-state index contributed by atoms with van der Waals surface area (Å²) in [6.07, 6.45) is 1.51. The Labute approximate surface area is 146 Å². The monoisotopic (exact) mass is 354 g/mol. The summed E-state index contributed by atoms with van der Waals surface area (Å²) < 4.78 is 3.31. The van der Waals surface area contributed by atoms with Crippen LogP contribution >= 0.6 is 11.8 Å². The summed E-state index contributed by atoms with van der Waals surface area (Å²) in [7, 11) is 0. The number of aromatic amines is 1. The summed E-state index contributed by atoms with van der Waals surface area (Å²) in [5, 5.41) is 17.3. The van der Waals surface area contributed by atoms with Crippen molar-refractivity contribution >= 4 is 22.8 Å². The van der Waals surface area contributed by atoms with E-state index in [0.717, 1.165) is 5.69 Å². The molecule has 0 atom stereocenters. The molecule has 0 unspecified atom stereocenters. The number of H-pyrrole nitrogens is 1. The van der Waals surface area contributed by atoms with Crippen molar-refractivity contribution in [3.8, 4) is 5.69 Å². The minimum absolute atomic E-state index is 0.0998. The third-order valence-corrected chi connectivity index (χ3v) is 4.39. The van der Waals surface area contributed by atoms with E-state index < -0.39 is 0 Å². The molecular weight excluding hydrogens is 340 g/mol. The number of nitrogens with one attached hydrogen (secondary N) is 1. The maximum Gasteiger partial charge on any atom is 0.262 e. The average Bonchev–Trinajstić information content (AvgIpc) is 3.23. The van der Waals surface area contributed by atoms with Crippen LogP contribution in [-0.2, 0) is 0 Å². The molecule has 3 heterocycles. The van der Waals surface area contributed by atoms with E-state index >= 15 is 0 Å². The first-order valence-corrected chi connectivity index (χ1v) is 8.44. The Kier molecular flexibility index (Phi) is 3.80. The lowest BCUT2D eigenvalue weighted by Gasteiger charge is -2.07. The molecule has 25 heavy (non-hydrogen) atoms. The molecule has 4 rings (SSSR count). The highest BCUT2D eigenvalue weighted by molar-refractivity contribution is 7.99. The first-order valence-electron chi connectivity index (χ1n) is 7.62. The predicted molar refractivity (Wildman–Crippen MR) is 91.8 cm³/mol. The molecule has 0 radical (unpaired) electrons. The smallest absolute Gasteiger partial charge is 0.262 e. The van der Waals surface area contributed by atoms with E-state index in [9.17, 15) is 4.79 Å². The summed E-state index contributed by atoms with van der Waals surface area (Å²) in [5.74, 6) is 0. The Bertz CT molecular complexity index is 1080. The van der Waals surface area contributed by atoms with Crippen molar-refractivity contribution in [3.05, 3.63) is 46.9 Å². The van der Waals surface area contributed by atoms with Gasteiger partial charge in [0.2, 0.25) is 5.16 Å². The minimum Gasteiger partial charge on any atom is -0.300 e. The van der Waals surface area contributed by atoms with Crippen LogP contribution in [0.2, 0.25) is 0 Å². The normalized spacial score (nSPS) is 11.5. The third-order valence-electron chi connectivity index (χ3n) is 3.56. The number of hydrogen-bond donors (Lipinski definition) is 1. The van der Waals surface area contributed by atoms with E-state index in [1.807, 2.05) is 44.2 Å². The standard InChI is InChI=1S/C15H14N8OS/c1-9(2)22-15(19-20-21-22)25-14-17-12-11(13(24)18-14)8-16-23(12)10-6-4-3-5-7-10/h3-9H,1-2H3,(H,17,18,24). The minimum atomic E-state index is -0.252. The molecule has 0 fully saturated rings. The fraction of sp³-hybridized carbons (Fsp3) is 0.200. The highest BCUT2D eigenvalue weighted by Gasteiger charge is 2.16. The molecule has 0 aliphatic heterocycles. The maximum absolute atomic E-state index is 12.4. The van der Waals surface area contributed by atoms with Crippen LogP contribution in [0.5, 0.6) is 0 Å². The molecule has 4 aromatic rings. The number of hydrogen-bond acceptors (Lipinski definition) is 7. The van der Waals surface area contributed by atoms with Gasteiger partial charge >= 0.3 is 0 Å². The van der Waals surface area contributed by atoms with Gasteiger partial charge in [0, 0.05) is 0 Å². The summed E-state index contributed by atoms with van der Waals surface area (Å²) in [5.41, 5.74) is 1.07. The van der Waals surface area contributed by atoms with Crippen molar-refractivity contribution in [1.29, 1.82) is 0 Å². The van der Waals surface area contributed by atoms with E-state index in [0.29, 0.717) is 21.3 Å². The molecule has 126 valence electrons. The van der Waals surface area contributed by atoms with Crippen molar-refractivity contribution in [3.63, 3.8) is 0 Å². The molecule has 10 heteroatoms. The number of fused-ring (bicyclic) bond motifs is 1. The number of para-hydroxylation sites is 1. The van der Waals surface area contributed by atoms with Gasteiger partial charge in [-0.05, 0) is 48.2 Å². The van der Waals surface area contributed by atoms with Crippen molar-refractivity contribution < 1.29 is 0 Å². The molecule has 0 amide bonds. The molecule has 0 saturated carbocycles. The molecule has 0 aliphatic carbocycles. The molecule has 3 aromatic heterocycles. The Balaban J connectivity index is 1.81. The van der Waals surface area contributed by atoms with Gasteiger partial charge in [0.15, 0.2) is 10.8 Å². The van der Waals surface area contributed by atoms with Gasteiger partial charge in [-0.1, -0.05) is 18.2 Å². The zero-order chi connectivity index (χ0) is 17.4. The SMILES string of the molecule is CC(C)n1nnnc1Sc1nc2c(cnn2-c2ccccc2)c(=O)[nH]1. The number of aromatic nitrogens is 8. The van der Waals surface area contributed by atoms with Gasteiger partial charge in [0.1, 0.15) is 5.39 Å². The summed E-state index contributed by atoms with van der Waals surface area (Å²) in [6.45, 7) is 3.95. The van der Waals surface area contributed by atoms with Gasteiger partial charge in [0.25, 0.3) is 5.56 Å². The molecule has 9 nitrogen and oxygen atoms in total. The first-order chi connectivity index (χ1) is 12.1. The average molecular weight is 354 g/mol. The lowest BCUT2D eigenvalue weighted by atomic mass is 10.3. The Morgan fingerprint density at radius 3 is 2.76 bits per heavy atom. The van der Waals surface area contributed by atoms with Gasteiger partial charge in [-0.15, -0.1) is 5.10 Å². The first kappa shape index (κ1) is 15.5. The zero-order valence-electron chi connectivity index (χ0n) is 13.5. The third kappa shape index (κ3) is 2.80. The second kappa shape index (κ2) is 6.13. The van der Waals surface area contributed by atoms with E-state index in [4.69, 9.17) is 0 Å². The largest absolute Gasteiger partial charge is 0.300 e. The second-order valence-electron chi connectivity index (χ2n) is 5.60. The lowest BCUT2D eigenvalue weighted by molar-refractivity contribution is 0.477. The maximum atomic E-state index is 12.4. The predicted octanol–water partition coefficient (Wildman–Crippen LogP) is 1.83. The molecular formula is C15H14N8OS. The van der Waals surface area contributed by atoms with Gasteiger partial charge in [0.05, 0.1) is 17.9 Å².